The van der Waals surface area contributed by atoms with Crippen LogP contribution in [0.1, 0.15) is 0 Å². The molecule has 0 saturated carbocycles. The van der Waals surface area contributed by atoms with Crippen LogP contribution in [0.2, 0.25) is 0 Å². The maximum absolute atomic E-state index is 6.22. The lowest BCUT2D eigenvalue weighted by Gasteiger charge is -2.19. The molecule has 3 nitrogen and oxygen atoms in total. The molecule has 0 aliphatic heterocycles. The highest BCUT2D eigenvalue weighted by molar-refractivity contribution is 6.12. The molecule has 0 aliphatic rings. The topological polar surface area (TPSA) is 29.5 Å². The molecule has 3 heteroatoms. The normalized spacial score (nSPS) is 11.8. The fraction of sp³-hybridized carbons (Fsp3) is 0.0400. The number of anilines is 2. The summed E-state index contributed by atoms with van der Waals surface area (Å²) in [6.07, 6.45) is 0. The van der Waals surface area contributed by atoms with Crippen LogP contribution in [0.4, 0.5) is 11.4 Å². The number of nitrogens with zero attached hydrogens (tertiary/aromatic N) is 1. The summed E-state index contributed by atoms with van der Waals surface area (Å²) in [5, 5.41) is 4.51. The minimum absolute atomic E-state index is 0.888. The predicted molar refractivity (Wildman–Crippen MR) is 116 cm³/mol. The highest BCUT2D eigenvalue weighted by atomic mass is 16.3. The third kappa shape index (κ3) is 2.04. The lowest BCUT2D eigenvalue weighted by atomic mass is 10.1. The van der Waals surface area contributed by atoms with Crippen LogP contribution < -0.4 is 4.90 Å². The number of hydrogen-bond acceptors (Lipinski definition) is 3. The van der Waals surface area contributed by atoms with Crippen LogP contribution in [0.5, 0.6) is 0 Å². The van der Waals surface area contributed by atoms with Crippen LogP contribution in [0.3, 0.4) is 0 Å². The van der Waals surface area contributed by atoms with Crippen molar-refractivity contribution in [1.82, 2.24) is 0 Å². The molecular weight excluding hydrogens is 346 g/mol. The zero-order valence-corrected chi connectivity index (χ0v) is 15.3. The maximum Gasteiger partial charge on any atom is 0.159 e. The number of furan rings is 2. The third-order valence-corrected chi connectivity index (χ3v) is 5.49. The van der Waals surface area contributed by atoms with Gasteiger partial charge in [-0.3, -0.25) is 0 Å². The van der Waals surface area contributed by atoms with Crippen molar-refractivity contribution in [3.63, 3.8) is 0 Å². The first kappa shape index (κ1) is 15.3. The van der Waals surface area contributed by atoms with Crippen molar-refractivity contribution < 1.29 is 8.83 Å². The fourth-order valence-electron chi connectivity index (χ4n) is 4.12. The molecule has 2 aromatic heterocycles. The molecule has 0 fully saturated rings. The van der Waals surface area contributed by atoms with Crippen molar-refractivity contribution in [3.05, 3.63) is 84.9 Å². The van der Waals surface area contributed by atoms with Crippen LogP contribution in [-0.4, -0.2) is 7.05 Å². The second kappa shape index (κ2) is 5.64. The minimum atomic E-state index is 0.888. The summed E-state index contributed by atoms with van der Waals surface area (Å²) in [7, 11) is 2.06. The molecule has 0 unspecified atom stereocenters. The molecule has 0 aliphatic carbocycles. The molecule has 0 atom stereocenters. The van der Waals surface area contributed by atoms with Crippen LogP contribution in [0.15, 0.2) is 93.8 Å². The van der Waals surface area contributed by atoms with Crippen LogP contribution in [0, 0.1) is 0 Å². The third-order valence-electron chi connectivity index (χ3n) is 5.49. The Balaban J connectivity index is 1.62. The first-order valence-electron chi connectivity index (χ1n) is 9.35. The Hall–Kier alpha value is -3.72. The van der Waals surface area contributed by atoms with E-state index in [0.717, 1.165) is 55.3 Å². The van der Waals surface area contributed by atoms with Crippen LogP contribution in [-0.2, 0) is 0 Å². The second-order valence-corrected chi connectivity index (χ2v) is 7.06. The largest absolute Gasteiger partial charge is 0.454 e. The van der Waals surface area contributed by atoms with Gasteiger partial charge in [0.15, 0.2) is 11.2 Å². The summed E-state index contributed by atoms with van der Waals surface area (Å²) in [5.74, 6) is 0. The van der Waals surface area contributed by atoms with Crippen molar-refractivity contribution >= 4 is 55.3 Å². The standard InChI is InChI=1S/C25H17NO2/c1-26(20-12-6-10-18-16-8-2-4-14-22(16)27-24(18)20)21-13-7-11-19-17-9-3-5-15-23(17)28-25(19)21/h2-15H,1H3. The van der Waals surface area contributed by atoms with E-state index in [0.29, 0.717) is 0 Å². The molecule has 28 heavy (non-hydrogen) atoms. The molecule has 0 spiro atoms. The van der Waals surface area contributed by atoms with Crippen molar-refractivity contribution in [2.45, 2.75) is 0 Å². The van der Waals surface area contributed by atoms with E-state index < -0.39 is 0 Å². The van der Waals surface area contributed by atoms with E-state index in [2.05, 4.69) is 60.5 Å². The lowest BCUT2D eigenvalue weighted by Crippen LogP contribution is -2.09. The van der Waals surface area contributed by atoms with E-state index in [-0.39, 0.29) is 0 Å². The smallest absolute Gasteiger partial charge is 0.159 e. The molecule has 0 N–H and O–H groups in total. The van der Waals surface area contributed by atoms with Gasteiger partial charge in [0.2, 0.25) is 0 Å². The van der Waals surface area contributed by atoms with Gasteiger partial charge in [-0.05, 0) is 24.3 Å². The lowest BCUT2D eigenvalue weighted by molar-refractivity contribution is 0.665. The molecular formula is C25H17NO2. The monoisotopic (exact) mass is 363 g/mol. The zero-order valence-electron chi connectivity index (χ0n) is 15.3. The van der Waals surface area contributed by atoms with Gasteiger partial charge in [0, 0.05) is 28.6 Å². The number of fused-ring (bicyclic) bond motifs is 6. The van der Waals surface area contributed by atoms with Gasteiger partial charge >= 0.3 is 0 Å². The van der Waals surface area contributed by atoms with Gasteiger partial charge in [-0.1, -0.05) is 60.7 Å². The Bertz CT molecular complexity index is 1370. The van der Waals surface area contributed by atoms with Gasteiger partial charge in [0.05, 0.1) is 11.4 Å². The Morgan fingerprint density at radius 2 is 0.929 bits per heavy atom. The van der Waals surface area contributed by atoms with Gasteiger partial charge in [0.1, 0.15) is 11.2 Å². The summed E-state index contributed by atoms with van der Waals surface area (Å²) in [6, 6.07) is 28.9. The highest BCUT2D eigenvalue weighted by Crippen LogP contribution is 2.41. The SMILES string of the molecule is CN(c1cccc2c1oc1ccccc12)c1cccc2c1oc1ccccc12. The minimum Gasteiger partial charge on any atom is -0.454 e. The number of hydrogen-bond donors (Lipinski definition) is 0. The zero-order chi connectivity index (χ0) is 18.7. The van der Waals surface area contributed by atoms with E-state index in [1.54, 1.807) is 0 Å². The summed E-state index contributed by atoms with van der Waals surface area (Å²) in [6.45, 7) is 0. The van der Waals surface area contributed by atoms with Gasteiger partial charge in [-0.15, -0.1) is 0 Å². The Morgan fingerprint density at radius 1 is 0.500 bits per heavy atom. The summed E-state index contributed by atoms with van der Waals surface area (Å²) >= 11 is 0. The molecule has 2 heterocycles. The van der Waals surface area contributed by atoms with Crippen molar-refractivity contribution in [3.8, 4) is 0 Å². The average molecular weight is 363 g/mol. The van der Waals surface area contributed by atoms with Crippen LogP contribution >= 0.6 is 0 Å². The fourth-order valence-corrected chi connectivity index (χ4v) is 4.12. The maximum atomic E-state index is 6.22. The molecule has 0 amide bonds. The summed E-state index contributed by atoms with van der Waals surface area (Å²) in [5.41, 5.74) is 5.61. The van der Waals surface area contributed by atoms with E-state index >= 15 is 0 Å². The first-order valence-corrected chi connectivity index (χ1v) is 9.35. The number of benzene rings is 4. The van der Waals surface area contributed by atoms with Crippen LogP contribution in [0.25, 0.3) is 43.9 Å². The highest BCUT2D eigenvalue weighted by Gasteiger charge is 2.18. The van der Waals surface area contributed by atoms with Gasteiger partial charge < -0.3 is 13.7 Å². The predicted octanol–water partition coefficient (Wildman–Crippen LogP) is 7.25. The molecule has 6 rings (SSSR count). The molecule has 0 radical (unpaired) electrons. The Labute approximate surface area is 161 Å². The molecule has 134 valence electrons. The quantitative estimate of drug-likeness (QED) is 0.324. The summed E-state index contributed by atoms with van der Waals surface area (Å²) in [4.78, 5) is 2.15. The second-order valence-electron chi connectivity index (χ2n) is 7.06. The molecule has 0 saturated heterocycles. The van der Waals surface area contributed by atoms with Crippen molar-refractivity contribution in [2.24, 2.45) is 0 Å². The van der Waals surface area contributed by atoms with Gasteiger partial charge in [-0.2, -0.15) is 0 Å². The van der Waals surface area contributed by atoms with Gasteiger partial charge in [-0.25, -0.2) is 0 Å². The average Bonchev–Trinajstić information content (AvgIpc) is 3.31. The first-order chi connectivity index (χ1) is 13.8. The van der Waals surface area contributed by atoms with Crippen molar-refractivity contribution in [2.75, 3.05) is 11.9 Å². The number of para-hydroxylation sites is 4. The molecule has 0 bridgehead atoms. The van der Waals surface area contributed by atoms with E-state index in [4.69, 9.17) is 8.83 Å². The van der Waals surface area contributed by atoms with E-state index in [1.807, 2.05) is 36.4 Å². The molecule has 4 aromatic carbocycles. The van der Waals surface area contributed by atoms with E-state index in [1.165, 1.54) is 0 Å². The molecule has 6 aromatic rings. The Kier molecular flexibility index (Phi) is 3.09. The number of rotatable bonds is 2. The summed E-state index contributed by atoms with van der Waals surface area (Å²) < 4.78 is 12.4. The Morgan fingerprint density at radius 3 is 1.43 bits per heavy atom. The van der Waals surface area contributed by atoms with Crippen molar-refractivity contribution in [1.29, 1.82) is 0 Å². The van der Waals surface area contributed by atoms with E-state index in [9.17, 15) is 0 Å². The van der Waals surface area contributed by atoms with Gasteiger partial charge in [0.25, 0.3) is 0 Å².